The highest BCUT2D eigenvalue weighted by atomic mass is 16.5. The first-order valence-corrected chi connectivity index (χ1v) is 10.2. The summed E-state index contributed by atoms with van der Waals surface area (Å²) in [5.41, 5.74) is 1.16. The van der Waals surface area contributed by atoms with Crippen molar-refractivity contribution in [2.45, 2.75) is 0 Å². The molecule has 2 aromatic carbocycles. The van der Waals surface area contributed by atoms with Gasteiger partial charge in [0.05, 0.1) is 20.8 Å². The summed E-state index contributed by atoms with van der Waals surface area (Å²) in [5, 5.41) is 0. The number of carbonyl (C=O) groups excluding carboxylic acids is 1. The normalized spacial score (nSPS) is 14.0. The Kier molecular flexibility index (Phi) is 7.79. The van der Waals surface area contributed by atoms with Gasteiger partial charge in [-0.05, 0) is 43.4 Å². The number of carbonyl (C=O) groups is 1. The predicted octanol–water partition coefficient (Wildman–Crippen LogP) is 2.36. The molecule has 0 N–H and O–H groups in total. The summed E-state index contributed by atoms with van der Waals surface area (Å²) in [5.74, 6) is 2.44. The van der Waals surface area contributed by atoms with E-state index in [1.54, 1.807) is 14.2 Å². The molecule has 1 fully saturated rings. The maximum atomic E-state index is 12.7. The van der Waals surface area contributed by atoms with Crippen LogP contribution in [0.25, 0.3) is 0 Å². The molecule has 7 nitrogen and oxygen atoms in total. The van der Waals surface area contributed by atoms with Crippen molar-refractivity contribution in [3.05, 3.63) is 48.5 Å². The highest BCUT2D eigenvalue weighted by Gasteiger charge is 2.22. The van der Waals surface area contributed by atoms with Crippen LogP contribution < -0.4 is 19.1 Å². The quantitative estimate of drug-likeness (QED) is 0.629. The number of methoxy groups -OCH3 is 2. The van der Waals surface area contributed by atoms with Crippen molar-refractivity contribution in [2.75, 3.05) is 72.0 Å². The van der Waals surface area contributed by atoms with Crippen LogP contribution in [0.1, 0.15) is 0 Å². The molecule has 0 bridgehead atoms. The fraction of sp³-hybridized carbons (Fsp3) is 0.435. The van der Waals surface area contributed by atoms with Gasteiger partial charge in [0, 0.05) is 38.4 Å². The van der Waals surface area contributed by atoms with Gasteiger partial charge in [0.15, 0.2) is 11.5 Å². The lowest BCUT2D eigenvalue weighted by Crippen LogP contribution is -2.51. The summed E-state index contributed by atoms with van der Waals surface area (Å²) in [6, 6.07) is 15.6. The zero-order valence-corrected chi connectivity index (χ0v) is 18.0. The SMILES string of the molecule is COc1ccc(N2CCN(C(=O)CN(C)CCOc3ccccc3OC)CC2)cc1. The summed E-state index contributed by atoms with van der Waals surface area (Å²) < 4.78 is 16.3. The van der Waals surface area contributed by atoms with Crippen molar-refractivity contribution in [3.8, 4) is 17.2 Å². The molecule has 0 radical (unpaired) electrons. The molecule has 1 amide bonds. The van der Waals surface area contributed by atoms with Gasteiger partial charge in [0.2, 0.25) is 5.91 Å². The molecular weight excluding hydrogens is 382 g/mol. The number of likely N-dealkylation sites (N-methyl/N-ethyl adjacent to an activating group) is 1. The fourth-order valence-electron chi connectivity index (χ4n) is 3.47. The summed E-state index contributed by atoms with van der Waals surface area (Å²) in [4.78, 5) is 18.9. The molecule has 3 rings (SSSR count). The molecule has 1 aliphatic rings. The minimum Gasteiger partial charge on any atom is -0.497 e. The molecule has 0 aliphatic carbocycles. The van der Waals surface area contributed by atoms with Crippen molar-refractivity contribution in [1.82, 2.24) is 9.80 Å². The van der Waals surface area contributed by atoms with Crippen LogP contribution in [0, 0.1) is 0 Å². The first-order chi connectivity index (χ1) is 14.6. The Hall–Kier alpha value is -2.93. The fourth-order valence-corrected chi connectivity index (χ4v) is 3.47. The number of para-hydroxylation sites is 2. The number of anilines is 1. The number of piperazine rings is 1. The van der Waals surface area contributed by atoms with Crippen molar-refractivity contribution in [1.29, 1.82) is 0 Å². The molecule has 1 aliphatic heterocycles. The van der Waals surface area contributed by atoms with Gasteiger partial charge in [-0.3, -0.25) is 9.69 Å². The number of benzene rings is 2. The molecule has 0 saturated carbocycles. The maximum Gasteiger partial charge on any atom is 0.236 e. The summed E-state index contributed by atoms with van der Waals surface area (Å²) >= 11 is 0. The second-order valence-electron chi connectivity index (χ2n) is 7.30. The second kappa shape index (κ2) is 10.7. The average molecular weight is 414 g/mol. The predicted molar refractivity (Wildman–Crippen MR) is 118 cm³/mol. The minimum absolute atomic E-state index is 0.157. The molecular formula is C23H31N3O4. The lowest BCUT2D eigenvalue weighted by atomic mass is 10.2. The Morgan fingerprint density at radius 1 is 0.933 bits per heavy atom. The number of rotatable bonds is 9. The van der Waals surface area contributed by atoms with E-state index >= 15 is 0 Å². The van der Waals surface area contributed by atoms with Gasteiger partial charge in [-0.15, -0.1) is 0 Å². The van der Waals surface area contributed by atoms with Crippen LogP contribution in [0.15, 0.2) is 48.5 Å². The van der Waals surface area contributed by atoms with Gasteiger partial charge in [-0.25, -0.2) is 0 Å². The molecule has 30 heavy (non-hydrogen) atoms. The first kappa shape index (κ1) is 21.8. The smallest absolute Gasteiger partial charge is 0.236 e. The second-order valence-corrected chi connectivity index (χ2v) is 7.30. The van der Waals surface area contributed by atoms with Gasteiger partial charge in [-0.2, -0.15) is 0 Å². The van der Waals surface area contributed by atoms with E-state index in [-0.39, 0.29) is 5.91 Å². The molecule has 7 heteroatoms. The third kappa shape index (κ3) is 5.79. The Balaban J connectivity index is 1.39. The molecule has 1 saturated heterocycles. The first-order valence-electron chi connectivity index (χ1n) is 10.2. The maximum absolute atomic E-state index is 12.7. The Labute approximate surface area is 178 Å². The lowest BCUT2D eigenvalue weighted by molar-refractivity contribution is -0.132. The lowest BCUT2D eigenvalue weighted by Gasteiger charge is -2.36. The van der Waals surface area contributed by atoms with E-state index < -0.39 is 0 Å². The van der Waals surface area contributed by atoms with Gasteiger partial charge < -0.3 is 24.0 Å². The molecule has 0 spiro atoms. The molecule has 1 heterocycles. The highest BCUT2D eigenvalue weighted by Crippen LogP contribution is 2.25. The third-order valence-corrected chi connectivity index (χ3v) is 5.27. The number of hydrogen-bond donors (Lipinski definition) is 0. The van der Waals surface area contributed by atoms with E-state index in [2.05, 4.69) is 17.0 Å². The third-order valence-electron chi connectivity index (χ3n) is 5.27. The van der Waals surface area contributed by atoms with Crippen molar-refractivity contribution >= 4 is 11.6 Å². The Bertz CT molecular complexity index is 804. The van der Waals surface area contributed by atoms with E-state index in [1.807, 2.05) is 53.2 Å². The zero-order valence-electron chi connectivity index (χ0n) is 18.0. The Morgan fingerprint density at radius 2 is 1.60 bits per heavy atom. The average Bonchev–Trinajstić information content (AvgIpc) is 2.79. The Morgan fingerprint density at radius 3 is 2.23 bits per heavy atom. The van der Waals surface area contributed by atoms with E-state index in [1.165, 1.54) is 0 Å². The zero-order chi connectivity index (χ0) is 21.3. The van der Waals surface area contributed by atoms with Gasteiger partial charge in [-0.1, -0.05) is 12.1 Å². The van der Waals surface area contributed by atoms with Crippen LogP contribution in [-0.4, -0.2) is 82.8 Å². The largest absolute Gasteiger partial charge is 0.497 e. The van der Waals surface area contributed by atoms with E-state index in [0.29, 0.717) is 25.4 Å². The molecule has 0 aromatic heterocycles. The van der Waals surface area contributed by atoms with Gasteiger partial charge in [0.25, 0.3) is 0 Å². The van der Waals surface area contributed by atoms with Gasteiger partial charge in [0.1, 0.15) is 12.4 Å². The topological polar surface area (TPSA) is 54.5 Å². The van der Waals surface area contributed by atoms with Crippen molar-refractivity contribution in [3.63, 3.8) is 0 Å². The van der Waals surface area contributed by atoms with Crippen LogP contribution in [0.3, 0.4) is 0 Å². The van der Waals surface area contributed by atoms with Crippen molar-refractivity contribution < 1.29 is 19.0 Å². The van der Waals surface area contributed by atoms with E-state index in [9.17, 15) is 4.79 Å². The van der Waals surface area contributed by atoms with Crippen LogP contribution in [0.4, 0.5) is 5.69 Å². The molecule has 0 unspecified atom stereocenters. The highest BCUT2D eigenvalue weighted by molar-refractivity contribution is 5.78. The van der Waals surface area contributed by atoms with Crippen LogP contribution in [0.2, 0.25) is 0 Å². The van der Waals surface area contributed by atoms with Crippen molar-refractivity contribution in [2.24, 2.45) is 0 Å². The number of nitrogens with zero attached hydrogens (tertiary/aromatic N) is 3. The monoisotopic (exact) mass is 413 g/mol. The molecule has 2 aromatic rings. The van der Waals surface area contributed by atoms with E-state index in [4.69, 9.17) is 14.2 Å². The summed E-state index contributed by atoms with van der Waals surface area (Å²) in [6.07, 6.45) is 0. The van der Waals surface area contributed by atoms with Crippen LogP contribution in [0.5, 0.6) is 17.2 Å². The van der Waals surface area contributed by atoms with Crippen LogP contribution in [-0.2, 0) is 4.79 Å². The number of hydrogen-bond acceptors (Lipinski definition) is 6. The summed E-state index contributed by atoms with van der Waals surface area (Å²) in [6.45, 7) is 4.67. The summed E-state index contributed by atoms with van der Waals surface area (Å²) in [7, 11) is 5.24. The number of amides is 1. The molecule has 162 valence electrons. The van der Waals surface area contributed by atoms with Crippen LogP contribution >= 0.6 is 0 Å². The van der Waals surface area contributed by atoms with E-state index in [0.717, 1.165) is 43.4 Å². The number of ether oxygens (including phenoxy) is 3. The standard InChI is InChI=1S/C23H31N3O4/c1-24(16-17-30-22-7-5-4-6-21(22)29-3)18-23(27)26-14-12-25(13-15-26)19-8-10-20(28-2)11-9-19/h4-11H,12-18H2,1-3H3. The van der Waals surface area contributed by atoms with Gasteiger partial charge >= 0.3 is 0 Å². The molecule has 0 atom stereocenters. The minimum atomic E-state index is 0.157.